The maximum atomic E-state index is 14.1. The molecule has 0 fully saturated rings. The van der Waals surface area contributed by atoms with Crippen molar-refractivity contribution in [3.05, 3.63) is 94.0 Å². The van der Waals surface area contributed by atoms with Crippen LogP contribution in [-0.2, 0) is 26.2 Å². The lowest BCUT2D eigenvalue weighted by Crippen LogP contribution is -2.53. The van der Waals surface area contributed by atoms with E-state index in [4.69, 9.17) is 23.2 Å². The number of anilines is 1. The summed E-state index contributed by atoms with van der Waals surface area (Å²) in [6.45, 7) is 7.13. The molecule has 0 aromatic heterocycles. The summed E-state index contributed by atoms with van der Waals surface area (Å²) >= 11 is 12.1. The number of hydrogen-bond acceptors (Lipinski definition) is 4. The van der Waals surface area contributed by atoms with Gasteiger partial charge in [0, 0.05) is 22.6 Å². The van der Waals surface area contributed by atoms with Crippen LogP contribution >= 0.6 is 23.2 Å². The van der Waals surface area contributed by atoms with Gasteiger partial charge >= 0.3 is 0 Å². The second-order valence-electron chi connectivity index (χ2n) is 9.69. The molecule has 3 aromatic carbocycles. The Morgan fingerprint density at radius 1 is 0.900 bits per heavy atom. The monoisotopic (exact) mass is 603 g/mol. The first-order valence-corrected chi connectivity index (χ1v) is 15.3. The first-order chi connectivity index (χ1) is 19.0. The first kappa shape index (κ1) is 31.5. The summed E-state index contributed by atoms with van der Waals surface area (Å²) in [5.41, 5.74) is 1.93. The molecule has 2 atom stereocenters. The Morgan fingerprint density at radius 2 is 1.50 bits per heavy atom. The molecule has 1 N–H and O–H groups in total. The molecule has 0 saturated heterocycles. The van der Waals surface area contributed by atoms with E-state index in [9.17, 15) is 18.0 Å². The number of rotatable bonds is 12. The van der Waals surface area contributed by atoms with Crippen molar-refractivity contribution in [2.24, 2.45) is 0 Å². The minimum atomic E-state index is -4.16. The van der Waals surface area contributed by atoms with Crippen LogP contribution in [0.15, 0.2) is 77.7 Å². The third kappa shape index (κ3) is 7.99. The average Bonchev–Trinajstić information content (AvgIpc) is 2.92. The number of nitrogens with one attached hydrogen (secondary N) is 1. The molecule has 0 spiro atoms. The van der Waals surface area contributed by atoms with Crippen molar-refractivity contribution in [2.75, 3.05) is 10.8 Å². The molecule has 3 rings (SSSR count). The Labute approximate surface area is 247 Å². The Kier molecular flexibility index (Phi) is 11.0. The maximum Gasteiger partial charge on any atom is 0.264 e. The van der Waals surface area contributed by atoms with E-state index >= 15 is 0 Å². The molecule has 3 aromatic rings. The van der Waals surface area contributed by atoms with Crippen LogP contribution in [0.2, 0.25) is 10.0 Å². The molecule has 0 unspecified atom stereocenters. The number of carbonyl (C=O) groups excluding carboxylic acids is 2. The summed E-state index contributed by atoms with van der Waals surface area (Å²) in [4.78, 5) is 28.8. The van der Waals surface area contributed by atoms with Gasteiger partial charge in [-0.2, -0.15) is 0 Å². The number of amides is 2. The van der Waals surface area contributed by atoms with Gasteiger partial charge in [0.15, 0.2) is 0 Å². The minimum Gasteiger partial charge on any atom is -0.352 e. The molecule has 0 heterocycles. The van der Waals surface area contributed by atoms with Crippen LogP contribution in [0.4, 0.5) is 5.69 Å². The highest BCUT2D eigenvalue weighted by atomic mass is 35.5. The number of benzene rings is 3. The average molecular weight is 605 g/mol. The molecule has 40 heavy (non-hydrogen) atoms. The van der Waals surface area contributed by atoms with Gasteiger partial charge in [-0.05, 0) is 86.3 Å². The lowest BCUT2D eigenvalue weighted by Gasteiger charge is -2.33. The molecule has 2 amide bonds. The first-order valence-electron chi connectivity index (χ1n) is 13.2. The number of nitrogens with zero attached hydrogens (tertiary/aromatic N) is 2. The predicted molar refractivity (Wildman–Crippen MR) is 161 cm³/mol. The molecule has 0 bridgehead atoms. The van der Waals surface area contributed by atoms with Gasteiger partial charge in [0.25, 0.3) is 10.0 Å². The number of carbonyl (C=O) groups is 2. The number of aryl methyl sites for hydroxylation is 1. The van der Waals surface area contributed by atoms with E-state index in [1.54, 1.807) is 42.5 Å². The molecule has 214 valence electrons. The number of hydrogen-bond donors (Lipinski definition) is 1. The van der Waals surface area contributed by atoms with Crippen molar-refractivity contribution in [1.82, 2.24) is 10.2 Å². The van der Waals surface area contributed by atoms with E-state index in [2.05, 4.69) is 5.32 Å². The molecule has 0 radical (unpaired) electrons. The summed E-state index contributed by atoms with van der Waals surface area (Å²) < 4.78 is 28.9. The van der Waals surface area contributed by atoms with E-state index in [1.807, 2.05) is 33.8 Å². The Bertz CT molecular complexity index is 1410. The quantitative estimate of drug-likeness (QED) is 0.266. The van der Waals surface area contributed by atoms with Crippen LogP contribution in [0.3, 0.4) is 0 Å². The predicted octanol–water partition coefficient (Wildman–Crippen LogP) is 6.22. The van der Waals surface area contributed by atoms with Gasteiger partial charge in [0.2, 0.25) is 11.8 Å². The van der Waals surface area contributed by atoms with Crippen LogP contribution in [0, 0.1) is 6.92 Å². The lowest BCUT2D eigenvalue weighted by molar-refractivity contribution is -0.140. The van der Waals surface area contributed by atoms with Crippen LogP contribution in [-0.4, -0.2) is 43.8 Å². The standard InChI is InChI=1S/C30H35Cl2N3O4S/c1-5-22(4)33-30(37)28(6-2)34(19-23-10-12-24(31)13-11-23)29(36)20-35(26-9-7-8-21(3)18-26)40(38,39)27-16-14-25(32)15-17-27/h7-18,22,28H,5-6,19-20H2,1-4H3,(H,33,37)/t22-,28+/m1/s1. The van der Waals surface area contributed by atoms with E-state index in [-0.39, 0.29) is 23.4 Å². The summed E-state index contributed by atoms with van der Waals surface area (Å²) in [7, 11) is -4.16. The second kappa shape index (κ2) is 14.0. The van der Waals surface area contributed by atoms with Crippen LogP contribution < -0.4 is 9.62 Å². The molecule has 0 aliphatic rings. The van der Waals surface area contributed by atoms with E-state index in [0.29, 0.717) is 22.2 Å². The van der Waals surface area contributed by atoms with Crippen LogP contribution in [0.25, 0.3) is 0 Å². The van der Waals surface area contributed by atoms with Gasteiger partial charge in [-0.1, -0.05) is 61.3 Å². The fraction of sp³-hybridized carbons (Fsp3) is 0.333. The smallest absolute Gasteiger partial charge is 0.264 e. The van der Waals surface area contributed by atoms with Crippen molar-refractivity contribution in [3.8, 4) is 0 Å². The molecular formula is C30H35Cl2N3O4S. The van der Waals surface area contributed by atoms with Crippen LogP contribution in [0.5, 0.6) is 0 Å². The van der Waals surface area contributed by atoms with Crippen LogP contribution in [0.1, 0.15) is 44.7 Å². The fourth-order valence-electron chi connectivity index (χ4n) is 4.19. The van der Waals surface area contributed by atoms with Gasteiger partial charge in [-0.15, -0.1) is 0 Å². The zero-order chi connectivity index (χ0) is 29.4. The van der Waals surface area contributed by atoms with Crippen molar-refractivity contribution < 1.29 is 18.0 Å². The zero-order valence-corrected chi connectivity index (χ0v) is 25.4. The minimum absolute atomic E-state index is 0.00277. The molecule has 0 aliphatic carbocycles. The van der Waals surface area contributed by atoms with Crippen molar-refractivity contribution in [3.63, 3.8) is 0 Å². The van der Waals surface area contributed by atoms with Gasteiger partial charge in [-0.3, -0.25) is 13.9 Å². The molecular weight excluding hydrogens is 569 g/mol. The third-order valence-corrected chi connectivity index (χ3v) is 8.92. The lowest BCUT2D eigenvalue weighted by atomic mass is 10.1. The fourth-order valence-corrected chi connectivity index (χ4v) is 5.85. The van der Waals surface area contributed by atoms with E-state index in [1.165, 1.54) is 29.2 Å². The zero-order valence-electron chi connectivity index (χ0n) is 23.1. The maximum absolute atomic E-state index is 14.1. The summed E-state index contributed by atoms with van der Waals surface area (Å²) in [6, 6.07) is 18.8. The largest absolute Gasteiger partial charge is 0.352 e. The van der Waals surface area contributed by atoms with E-state index < -0.39 is 28.5 Å². The Hall–Kier alpha value is -3.07. The Morgan fingerprint density at radius 3 is 2.05 bits per heavy atom. The van der Waals surface area contributed by atoms with Crippen molar-refractivity contribution in [1.29, 1.82) is 0 Å². The van der Waals surface area contributed by atoms with E-state index in [0.717, 1.165) is 21.9 Å². The van der Waals surface area contributed by atoms with Gasteiger partial charge in [0.05, 0.1) is 10.6 Å². The van der Waals surface area contributed by atoms with Crippen molar-refractivity contribution >= 4 is 50.7 Å². The number of sulfonamides is 1. The highest BCUT2D eigenvalue weighted by Crippen LogP contribution is 2.26. The Balaban J connectivity index is 2.05. The summed E-state index contributed by atoms with van der Waals surface area (Å²) in [5, 5.41) is 3.90. The van der Waals surface area contributed by atoms with Gasteiger partial charge < -0.3 is 10.2 Å². The van der Waals surface area contributed by atoms with Crippen molar-refractivity contribution in [2.45, 2.75) is 64.1 Å². The molecule has 0 saturated carbocycles. The molecule has 7 nitrogen and oxygen atoms in total. The highest BCUT2D eigenvalue weighted by Gasteiger charge is 2.34. The summed E-state index contributed by atoms with van der Waals surface area (Å²) in [5.74, 6) is -0.804. The topological polar surface area (TPSA) is 86.8 Å². The summed E-state index contributed by atoms with van der Waals surface area (Å²) in [6.07, 6.45) is 1.07. The second-order valence-corrected chi connectivity index (χ2v) is 12.4. The third-order valence-electron chi connectivity index (χ3n) is 6.62. The van der Waals surface area contributed by atoms with Gasteiger partial charge in [-0.25, -0.2) is 8.42 Å². The molecule has 0 aliphatic heterocycles. The highest BCUT2D eigenvalue weighted by molar-refractivity contribution is 7.92. The normalized spacial score (nSPS) is 12.8. The number of halogens is 2. The molecule has 10 heteroatoms. The van der Waals surface area contributed by atoms with Gasteiger partial charge in [0.1, 0.15) is 12.6 Å². The SMILES string of the molecule is CC[C@@H](C)NC(=O)[C@H](CC)N(Cc1ccc(Cl)cc1)C(=O)CN(c1cccc(C)c1)S(=O)(=O)c1ccc(Cl)cc1.